The number of hydrogen-bond acceptors (Lipinski definition) is 4. The second-order valence-electron chi connectivity index (χ2n) is 4.12. The molecule has 6 heteroatoms. The van der Waals surface area contributed by atoms with Crippen molar-refractivity contribution in [3.05, 3.63) is 41.7 Å². The van der Waals surface area contributed by atoms with Crippen molar-refractivity contribution in [2.75, 3.05) is 5.32 Å². The fourth-order valence-electron chi connectivity index (χ4n) is 1.98. The lowest BCUT2D eigenvalue weighted by atomic mass is 10.3. The third-order valence-corrected chi connectivity index (χ3v) is 3.51. The maximum atomic E-state index is 12.0. The summed E-state index contributed by atoms with van der Waals surface area (Å²) >= 11 is 1.40. The van der Waals surface area contributed by atoms with Gasteiger partial charge in [0.15, 0.2) is 5.13 Å². The molecule has 1 aromatic carbocycles. The van der Waals surface area contributed by atoms with E-state index in [0.717, 1.165) is 16.9 Å². The van der Waals surface area contributed by atoms with Gasteiger partial charge in [0.25, 0.3) is 0 Å². The van der Waals surface area contributed by atoms with Gasteiger partial charge in [-0.25, -0.2) is 9.97 Å². The van der Waals surface area contributed by atoms with Crippen LogP contribution < -0.4 is 5.32 Å². The quantitative estimate of drug-likeness (QED) is 0.796. The van der Waals surface area contributed by atoms with Crippen LogP contribution in [0.2, 0.25) is 0 Å². The van der Waals surface area contributed by atoms with E-state index in [1.807, 2.05) is 41.1 Å². The molecule has 0 aliphatic rings. The molecule has 0 radical (unpaired) electrons. The number of hydrogen-bond donors (Lipinski definition) is 1. The molecule has 0 fully saturated rings. The van der Waals surface area contributed by atoms with Crippen molar-refractivity contribution in [2.24, 2.45) is 0 Å². The number of fused-ring (bicyclic) bond motifs is 1. The zero-order chi connectivity index (χ0) is 13.2. The number of amides is 1. The van der Waals surface area contributed by atoms with E-state index in [0.29, 0.717) is 5.13 Å². The van der Waals surface area contributed by atoms with Crippen LogP contribution in [0.5, 0.6) is 0 Å². The highest BCUT2D eigenvalue weighted by atomic mass is 32.1. The highest BCUT2D eigenvalue weighted by Gasteiger charge is 2.11. The van der Waals surface area contributed by atoms with E-state index in [9.17, 15) is 4.79 Å². The van der Waals surface area contributed by atoms with Crippen LogP contribution in [-0.4, -0.2) is 20.4 Å². The molecule has 19 heavy (non-hydrogen) atoms. The van der Waals surface area contributed by atoms with Crippen molar-refractivity contribution in [3.8, 4) is 0 Å². The van der Waals surface area contributed by atoms with Crippen molar-refractivity contribution >= 4 is 33.4 Å². The molecule has 0 saturated carbocycles. The number of nitrogens with one attached hydrogen (secondary N) is 1. The van der Waals surface area contributed by atoms with Gasteiger partial charge in [0.1, 0.15) is 12.4 Å². The summed E-state index contributed by atoms with van der Waals surface area (Å²) in [6, 6.07) is 7.79. The van der Waals surface area contributed by atoms with E-state index in [1.165, 1.54) is 11.3 Å². The van der Waals surface area contributed by atoms with Gasteiger partial charge in [-0.05, 0) is 19.1 Å². The summed E-state index contributed by atoms with van der Waals surface area (Å²) in [5.41, 5.74) is 1.87. The molecular weight excluding hydrogens is 260 g/mol. The van der Waals surface area contributed by atoms with Gasteiger partial charge in [0, 0.05) is 11.6 Å². The predicted octanol–water partition coefficient (Wildman–Crippen LogP) is 2.44. The van der Waals surface area contributed by atoms with Gasteiger partial charge in [-0.2, -0.15) is 0 Å². The Morgan fingerprint density at radius 3 is 3.05 bits per heavy atom. The molecule has 0 aliphatic carbocycles. The first-order valence-corrected chi connectivity index (χ1v) is 6.73. The summed E-state index contributed by atoms with van der Waals surface area (Å²) in [4.78, 5) is 20.4. The summed E-state index contributed by atoms with van der Waals surface area (Å²) < 4.78 is 1.90. The maximum absolute atomic E-state index is 12.0. The van der Waals surface area contributed by atoms with Crippen LogP contribution in [0.4, 0.5) is 5.13 Å². The molecule has 0 unspecified atom stereocenters. The third-order valence-electron chi connectivity index (χ3n) is 2.83. The van der Waals surface area contributed by atoms with Crippen LogP contribution >= 0.6 is 11.3 Å². The minimum absolute atomic E-state index is 0.0961. The molecule has 1 amide bonds. The Hall–Kier alpha value is -2.21. The summed E-state index contributed by atoms with van der Waals surface area (Å²) in [7, 11) is 0. The lowest BCUT2D eigenvalue weighted by Crippen LogP contribution is -2.19. The normalized spacial score (nSPS) is 10.8. The minimum Gasteiger partial charge on any atom is -0.319 e. The lowest BCUT2D eigenvalue weighted by molar-refractivity contribution is -0.116. The van der Waals surface area contributed by atoms with Gasteiger partial charge < -0.3 is 9.88 Å². The van der Waals surface area contributed by atoms with Crippen LogP contribution in [0.1, 0.15) is 5.82 Å². The minimum atomic E-state index is -0.0961. The number of aromatic nitrogens is 3. The van der Waals surface area contributed by atoms with Gasteiger partial charge in [-0.1, -0.05) is 12.1 Å². The molecule has 2 aromatic heterocycles. The number of carbonyl (C=O) groups excluding carboxylic acids is 1. The lowest BCUT2D eigenvalue weighted by Gasteiger charge is -2.06. The Labute approximate surface area is 113 Å². The Bertz CT molecular complexity index is 717. The van der Waals surface area contributed by atoms with E-state index in [2.05, 4.69) is 15.3 Å². The number of carbonyl (C=O) groups is 1. The summed E-state index contributed by atoms with van der Waals surface area (Å²) in [5.74, 6) is 0.733. The average Bonchev–Trinajstić information content (AvgIpc) is 2.99. The number of benzene rings is 1. The number of anilines is 1. The Morgan fingerprint density at radius 1 is 1.42 bits per heavy atom. The largest absolute Gasteiger partial charge is 0.319 e. The molecule has 0 atom stereocenters. The fraction of sp³-hybridized carbons (Fsp3) is 0.154. The fourth-order valence-corrected chi connectivity index (χ4v) is 2.53. The van der Waals surface area contributed by atoms with Gasteiger partial charge >= 0.3 is 0 Å². The van der Waals surface area contributed by atoms with Gasteiger partial charge in [-0.3, -0.25) is 4.79 Å². The second-order valence-corrected chi connectivity index (χ2v) is 5.01. The smallest absolute Gasteiger partial charge is 0.246 e. The Kier molecular flexibility index (Phi) is 3.00. The monoisotopic (exact) mass is 272 g/mol. The molecule has 0 bridgehead atoms. The molecule has 3 aromatic rings. The predicted molar refractivity (Wildman–Crippen MR) is 75.2 cm³/mol. The van der Waals surface area contributed by atoms with Gasteiger partial charge in [-0.15, -0.1) is 11.3 Å². The van der Waals surface area contributed by atoms with Crippen molar-refractivity contribution in [2.45, 2.75) is 13.5 Å². The number of thiazole rings is 1. The van der Waals surface area contributed by atoms with Crippen LogP contribution in [0.3, 0.4) is 0 Å². The first-order chi connectivity index (χ1) is 9.24. The Balaban J connectivity index is 1.85. The van der Waals surface area contributed by atoms with Crippen LogP contribution in [0.25, 0.3) is 11.0 Å². The molecule has 1 N–H and O–H groups in total. The standard InChI is InChI=1S/C13H12N4OS/c1-9-15-10-4-2-3-5-11(10)17(9)8-12(18)16-13-14-6-7-19-13/h2-7H,8H2,1H3,(H,14,16,18). The van der Waals surface area contributed by atoms with Gasteiger partial charge in [0.05, 0.1) is 11.0 Å². The molecule has 0 aliphatic heterocycles. The Morgan fingerprint density at radius 2 is 2.26 bits per heavy atom. The number of aryl methyl sites for hydroxylation is 1. The SMILES string of the molecule is Cc1nc2ccccc2n1CC(=O)Nc1nccs1. The van der Waals surface area contributed by atoms with E-state index in [4.69, 9.17) is 0 Å². The molecule has 0 spiro atoms. The van der Waals surface area contributed by atoms with Crippen molar-refractivity contribution in [1.82, 2.24) is 14.5 Å². The first kappa shape index (κ1) is 11.9. The number of para-hydroxylation sites is 2. The van der Waals surface area contributed by atoms with E-state index >= 15 is 0 Å². The highest BCUT2D eigenvalue weighted by Crippen LogP contribution is 2.16. The molecular formula is C13H12N4OS. The number of nitrogens with zero attached hydrogens (tertiary/aromatic N) is 3. The molecule has 5 nitrogen and oxygen atoms in total. The third kappa shape index (κ3) is 2.34. The van der Waals surface area contributed by atoms with E-state index in [1.54, 1.807) is 6.20 Å². The van der Waals surface area contributed by atoms with E-state index < -0.39 is 0 Å². The van der Waals surface area contributed by atoms with Crippen LogP contribution in [-0.2, 0) is 11.3 Å². The molecule has 2 heterocycles. The average molecular weight is 272 g/mol. The van der Waals surface area contributed by atoms with Crippen LogP contribution in [0.15, 0.2) is 35.8 Å². The van der Waals surface area contributed by atoms with Crippen molar-refractivity contribution in [1.29, 1.82) is 0 Å². The summed E-state index contributed by atoms with van der Waals surface area (Å²) in [6.45, 7) is 2.14. The number of imidazole rings is 1. The van der Waals surface area contributed by atoms with Crippen molar-refractivity contribution < 1.29 is 4.79 Å². The maximum Gasteiger partial charge on any atom is 0.246 e. The van der Waals surface area contributed by atoms with Crippen molar-refractivity contribution in [3.63, 3.8) is 0 Å². The van der Waals surface area contributed by atoms with Gasteiger partial charge in [0.2, 0.25) is 5.91 Å². The first-order valence-electron chi connectivity index (χ1n) is 5.85. The number of rotatable bonds is 3. The molecule has 0 saturated heterocycles. The zero-order valence-corrected chi connectivity index (χ0v) is 11.1. The zero-order valence-electron chi connectivity index (χ0n) is 10.3. The molecule has 96 valence electrons. The molecule has 3 rings (SSSR count). The van der Waals surface area contributed by atoms with E-state index in [-0.39, 0.29) is 12.5 Å². The topological polar surface area (TPSA) is 59.8 Å². The summed E-state index contributed by atoms with van der Waals surface area (Å²) in [6.07, 6.45) is 1.66. The highest BCUT2D eigenvalue weighted by molar-refractivity contribution is 7.13. The van der Waals surface area contributed by atoms with Crippen LogP contribution in [0, 0.1) is 6.92 Å². The summed E-state index contributed by atoms with van der Waals surface area (Å²) in [5, 5.41) is 5.22. The second kappa shape index (κ2) is 4.81.